The number of rotatable bonds is 11. The Morgan fingerprint density at radius 2 is 1.63 bits per heavy atom. The van der Waals surface area contributed by atoms with Crippen molar-refractivity contribution in [2.45, 2.75) is 78.3 Å². The Kier molecular flexibility index (Phi) is 9.80. The Labute approximate surface area is 165 Å². The lowest BCUT2D eigenvalue weighted by Gasteiger charge is -2.15. The van der Waals surface area contributed by atoms with E-state index in [1.165, 1.54) is 12.8 Å². The molecule has 7 heteroatoms. The fourth-order valence-electron chi connectivity index (χ4n) is 2.74. The number of aliphatic imine (C=N–C) groups is 1. The van der Waals surface area contributed by atoms with Gasteiger partial charge in [0, 0.05) is 12.1 Å². The molecule has 0 aliphatic heterocycles. The molecule has 1 atom stereocenters. The highest BCUT2D eigenvalue weighted by Gasteiger charge is 2.12. The van der Waals surface area contributed by atoms with E-state index in [1.807, 2.05) is 38.1 Å². The lowest BCUT2D eigenvalue weighted by atomic mass is 10.0. The number of hydrogen-bond donors (Lipinski definition) is 3. The van der Waals surface area contributed by atoms with E-state index >= 15 is 0 Å². The molecular formula is C20H36N4O2S. The van der Waals surface area contributed by atoms with E-state index in [2.05, 4.69) is 35.8 Å². The van der Waals surface area contributed by atoms with E-state index in [-0.39, 0.29) is 11.8 Å². The summed E-state index contributed by atoms with van der Waals surface area (Å²) in [6.07, 6.45) is 3.47. The normalized spacial score (nSPS) is 14.0. The van der Waals surface area contributed by atoms with Crippen LogP contribution in [-0.2, 0) is 22.3 Å². The molecule has 154 valence electrons. The first kappa shape index (κ1) is 23.4. The molecule has 0 aromatic heterocycles. The molecule has 0 amide bonds. The zero-order valence-electron chi connectivity index (χ0n) is 17.3. The molecule has 0 bridgehead atoms. The molecule has 0 aliphatic carbocycles. The summed E-state index contributed by atoms with van der Waals surface area (Å²) in [5.74, 6) is 1.15. The molecule has 0 saturated carbocycles. The van der Waals surface area contributed by atoms with Crippen molar-refractivity contribution in [2.24, 2.45) is 16.6 Å². The second kappa shape index (κ2) is 11.3. The molecule has 1 aromatic carbocycles. The minimum atomic E-state index is -3.31. The van der Waals surface area contributed by atoms with Crippen molar-refractivity contribution in [2.75, 3.05) is 0 Å². The van der Waals surface area contributed by atoms with Gasteiger partial charge in [-0.2, -0.15) is 0 Å². The third kappa shape index (κ3) is 11.0. The molecule has 0 radical (unpaired) electrons. The number of nitrogens with one attached hydrogen (secondary N) is 2. The van der Waals surface area contributed by atoms with Crippen LogP contribution in [0.3, 0.4) is 0 Å². The van der Waals surface area contributed by atoms with E-state index in [9.17, 15) is 8.42 Å². The molecule has 27 heavy (non-hydrogen) atoms. The summed E-state index contributed by atoms with van der Waals surface area (Å²) in [5.41, 5.74) is 7.71. The minimum absolute atomic E-state index is 0.0215. The van der Waals surface area contributed by atoms with Gasteiger partial charge in [0.25, 0.3) is 0 Å². The average Bonchev–Trinajstić information content (AvgIpc) is 2.52. The van der Waals surface area contributed by atoms with Gasteiger partial charge >= 0.3 is 0 Å². The second-order valence-electron chi connectivity index (χ2n) is 7.92. The average molecular weight is 397 g/mol. The number of benzene rings is 1. The van der Waals surface area contributed by atoms with Gasteiger partial charge in [0.2, 0.25) is 10.0 Å². The van der Waals surface area contributed by atoms with Gasteiger partial charge in [0.05, 0.1) is 12.3 Å². The summed E-state index contributed by atoms with van der Waals surface area (Å²) in [4.78, 5) is 4.37. The molecule has 6 nitrogen and oxygen atoms in total. The summed E-state index contributed by atoms with van der Waals surface area (Å²) in [6.45, 7) is 10.7. The highest BCUT2D eigenvalue weighted by molar-refractivity contribution is 7.88. The van der Waals surface area contributed by atoms with Crippen LogP contribution in [0.2, 0.25) is 0 Å². The highest BCUT2D eigenvalue weighted by Crippen LogP contribution is 2.10. The van der Waals surface area contributed by atoms with Crippen molar-refractivity contribution in [1.29, 1.82) is 0 Å². The SMILES string of the molecule is CC(C)CCCC(C)NC(N)=NCc1ccc(CS(=O)(=O)NC(C)C)cc1. The van der Waals surface area contributed by atoms with E-state index in [4.69, 9.17) is 5.73 Å². The Morgan fingerprint density at radius 3 is 2.19 bits per heavy atom. The third-order valence-corrected chi connectivity index (χ3v) is 5.58. The van der Waals surface area contributed by atoms with Gasteiger partial charge in [-0.15, -0.1) is 0 Å². The van der Waals surface area contributed by atoms with Crippen molar-refractivity contribution in [1.82, 2.24) is 10.0 Å². The fourth-order valence-corrected chi connectivity index (χ4v) is 4.17. The predicted molar refractivity (Wildman–Crippen MR) is 114 cm³/mol. The second-order valence-corrected chi connectivity index (χ2v) is 9.67. The Hall–Kier alpha value is -1.60. The van der Waals surface area contributed by atoms with Gasteiger partial charge < -0.3 is 11.1 Å². The molecule has 0 aliphatic rings. The predicted octanol–water partition coefficient (Wildman–Crippen LogP) is 3.13. The molecule has 4 N–H and O–H groups in total. The summed E-state index contributed by atoms with van der Waals surface area (Å²) in [5, 5.41) is 3.22. The third-order valence-electron chi connectivity index (χ3n) is 4.04. The standard InChI is InChI=1S/C20H36N4O2S/c1-15(2)7-6-8-17(5)23-20(21)22-13-18-9-11-19(12-10-18)14-27(25,26)24-16(3)4/h9-12,15-17,24H,6-8,13-14H2,1-5H3,(H3,21,22,23). The van der Waals surface area contributed by atoms with E-state index < -0.39 is 10.0 Å². The lowest BCUT2D eigenvalue weighted by Crippen LogP contribution is -2.38. The van der Waals surface area contributed by atoms with Crippen molar-refractivity contribution < 1.29 is 8.42 Å². The van der Waals surface area contributed by atoms with Gasteiger partial charge in [-0.25, -0.2) is 18.1 Å². The highest BCUT2D eigenvalue weighted by atomic mass is 32.2. The van der Waals surface area contributed by atoms with Crippen LogP contribution < -0.4 is 15.8 Å². The summed E-state index contributed by atoms with van der Waals surface area (Å²) in [7, 11) is -3.31. The van der Waals surface area contributed by atoms with E-state index in [0.717, 1.165) is 23.5 Å². The van der Waals surface area contributed by atoms with Crippen molar-refractivity contribution >= 4 is 16.0 Å². The zero-order valence-corrected chi connectivity index (χ0v) is 18.1. The van der Waals surface area contributed by atoms with E-state index in [0.29, 0.717) is 18.5 Å². The zero-order chi connectivity index (χ0) is 20.4. The first-order chi connectivity index (χ1) is 12.6. The first-order valence-electron chi connectivity index (χ1n) is 9.71. The topological polar surface area (TPSA) is 96.6 Å². The molecule has 1 unspecified atom stereocenters. The van der Waals surface area contributed by atoms with Gasteiger partial charge in [-0.1, -0.05) is 51.0 Å². The number of hydrogen-bond acceptors (Lipinski definition) is 3. The maximum absolute atomic E-state index is 12.0. The Morgan fingerprint density at radius 1 is 1.04 bits per heavy atom. The van der Waals surface area contributed by atoms with Gasteiger partial charge in [0.15, 0.2) is 5.96 Å². The lowest BCUT2D eigenvalue weighted by molar-refractivity contribution is 0.493. The van der Waals surface area contributed by atoms with Crippen LogP contribution in [0.15, 0.2) is 29.3 Å². The molecule has 1 aromatic rings. The van der Waals surface area contributed by atoms with Gasteiger partial charge in [0.1, 0.15) is 0 Å². The monoisotopic (exact) mass is 396 g/mol. The van der Waals surface area contributed by atoms with Crippen LogP contribution in [0.5, 0.6) is 0 Å². The molecule has 0 saturated heterocycles. The van der Waals surface area contributed by atoms with E-state index in [1.54, 1.807) is 0 Å². The smallest absolute Gasteiger partial charge is 0.216 e. The summed E-state index contributed by atoms with van der Waals surface area (Å²) >= 11 is 0. The van der Waals surface area contributed by atoms with Crippen molar-refractivity contribution in [3.63, 3.8) is 0 Å². The van der Waals surface area contributed by atoms with Gasteiger partial charge in [-0.3, -0.25) is 0 Å². The molecular weight excluding hydrogens is 360 g/mol. The Balaban J connectivity index is 2.49. The van der Waals surface area contributed by atoms with Crippen LogP contribution in [-0.4, -0.2) is 26.5 Å². The van der Waals surface area contributed by atoms with Crippen LogP contribution >= 0.6 is 0 Å². The van der Waals surface area contributed by atoms with Crippen molar-refractivity contribution in [3.05, 3.63) is 35.4 Å². The molecule has 1 rings (SSSR count). The van der Waals surface area contributed by atoms with Crippen molar-refractivity contribution in [3.8, 4) is 0 Å². The number of nitrogens with two attached hydrogens (primary N) is 1. The van der Waals surface area contributed by atoms with Crippen LogP contribution in [0.1, 0.15) is 65.0 Å². The van der Waals surface area contributed by atoms with Crippen LogP contribution in [0.25, 0.3) is 0 Å². The number of nitrogens with zero attached hydrogens (tertiary/aromatic N) is 1. The maximum atomic E-state index is 12.0. The molecule has 0 spiro atoms. The summed E-state index contributed by atoms with van der Waals surface area (Å²) < 4.78 is 26.5. The van der Waals surface area contributed by atoms with Crippen LogP contribution in [0.4, 0.5) is 0 Å². The number of sulfonamides is 1. The largest absolute Gasteiger partial charge is 0.370 e. The Bertz CT molecular complexity index is 682. The molecule has 0 fully saturated rings. The van der Waals surface area contributed by atoms with Gasteiger partial charge in [-0.05, 0) is 44.2 Å². The number of guanidine groups is 1. The maximum Gasteiger partial charge on any atom is 0.216 e. The quantitative estimate of drug-likeness (QED) is 0.395. The first-order valence-corrected chi connectivity index (χ1v) is 11.4. The summed E-state index contributed by atoms with van der Waals surface area (Å²) in [6, 6.07) is 7.62. The fraction of sp³-hybridized carbons (Fsp3) is 0.650. The van der Waals surface area contributed by atoms with Crippen LogP contribution in [0, 0.1) is 5.92 Å². The molecule has 0 heterocycles. The minimum Gasteiger partial charge on any atom is -0.370 e.